The van der Waals surface area contributed by atoms with Gasteiger partial charge in [0.15, 0.2) is 0 Å². The zero-order valence-corrected chi connectivity index (χ0v) is 8.97. The summed E-state index contributed by atoms with van der Waals surface area (Å²) in [5, 5.41) is 3.51. The quantitative estimate of drug-likeness (QED) is 0.663. The zero-order chi connectivity index (χ0) is 9.31. The third-order valence-electron chi connectivity index (χ3n) is 3.68. The molecule has 2 fully saturated rings. The van der Waals surface area contributed by atoms with Crippen molar-refractivity contribution in [2.45, 2.75) is 51.1 Å². The molecule has 0 aliphatic carbocycles. The van der Waals surface area contributed by atoms with Gasteiger partial charge in [0.05, 0.1) is 0 Å². The highest BCUT2D eigenvalue weighted by Crippen LogP contribution is 2.31. The highest BCUT2D eigenvalue weighted by atomic mass is 15.3. The van der Waals surface area contributed by atoms with Gasteiger partial charge in [-0.05, 0) is 52.6 Å². The summed E-state index contributed by atoms with van der Waals surface area (Å²) in [6, 6.07) is 0.811. The highest BCUT2D eigenvalue weighted by Gasteiger charge is 2.36. The van der Waals surface area contributed by atoms with Crippen LogP contribution in [0.4, 0.5) is 0 Å². The summed E-state index contributed by atoms with van der Waals surface area (Å²) < 4.78 is 0. The summed E-state index contributed by atoms with van der Waals surface area (Å²) in [4.78, 5) is 2.72. The van der Waals surface area contributed by atoms with Crippen molar-refractivity contribution >= 4 is 0 Å². The zero-order valence-electron chi connectivity index (χ0n) is 8.97. The van der Waals surface area contributed by atoms with Gasteiger partial charge in [-0.1, -0.05) is 0 Å². The lowest BCUT2D eigenvalue weighted by molar-refractivity contribution is 0.0972. The molecule has 2 aliphatic rings. The summed E-state index contributed by atoms with van der Waals surface area (Å²) in [6.07, 6.45) is 5.53. The third-order valence-corrected chi connectivity index (χ3v) is 3.68. The number of nitrogens with one attached hydrogen (secondary N) is 1. The van der Waals surface area contributed by atoms with Crippen molar-refractivity contribution in [2.75, 3.05) is 19.6 Å². The minimum atomic E-state index is 0.462. The fourth-order valence-electron chi connectivity index (χ4n) is 2.90. The van der Waals surface area contributed by atoms with E-state index in [1.807, 2.05) is 0 Å². The van der Waals surface area contributed by atoms with Gasteiger partial charge in [0.1, 0.15) is 0 Å². The molecule has 13 heavy (non-hydrogen) atoms. The van der Waals surface area contributed by atoms with Crippen molar-refractivity contribution in [3.63, 3.8) is 0 Å². The summed E-state index contributed by atoms with van der Waals surface area (Å²) in [6.45, 7) is 8.55. The molecular weight excluding hydrogens is 160 g/mol. The molecule has 0 aromatic heterocycles. The van der Waals surface area contributed by atoms with Crippen LogP contribution in [0.5, 0.6) is 0 Å². The first kappa shape index (κ1) is 9.47. The summed E-state index contributed by atoms with van der Waals surface area (Å²) in [7, 11) is 0. The van der Waals surface area contributed by atoms with Crippen molar-refractivity contribution in [3.05, 3.63) is 0 Å². The molecule has 0 saturated carbocycles. The Bertz CT molecular complexity index is 171. The number of hydrogen-bond donors (Lipinski definition) is 1. The molecule has 0 aromatic carbocycles. The van der Waals surface area contributed by atoms with Gasteiger partial charge < -0.3 is 5.32 Å². The van der Waals surface area contributed by atoms with E-state index in [4.69, 9.17) is 0 Å². The third kappa shape index (κ3) is 1.89. The standard InChI is InChI=1S/C11H22N2/c1-11(2)6-4-8-13(11)10-5-3-7-12-9-10/h10,12H,3-9H2,1-2H3. The molecule has 2 heterocycles. The minimum absolute atomic E-state index is 0.462. The Morgan fingerprint density at radius 1 is 1.31 bits per heavy atom. The van der Waals surface area contributed by atoms with Crippen LogP contribution >= 0.6 is 0 Å². The number of rotatable bonds is 1. The number of likely N-dealkylation sites (tertiary alicyclic amines) is 1. The maximum atomic E-state index is 3.51. The van der Waals surface area contributed by atoms with Gasteiger partial charge >= 0.3 is 0 Å². The van der Waals surface area contributed by atoms with Crippen LogP contribution in [0.2, 0.25) is 0 Å². The Morgan fingerprint density at radius 2 is 2.15 bits per heavy atom. The Morgan fingerprint density at radius 3 is 2.69 bits per heavy atom. The first-order valence-electron chi connectivity index (χ1n) is 5.68. The van der Waals surface area contributed by atoms with Crippen LogP contribution in [0.1, 0.15) is 39.5 Å². The van der Waals surface area contributed by atoms with Crippen molar-refractivity contribution in [1.29, 1.82) is 0 Å². The second-order valence-corrected chi connectivity index (χ2v) is 5.11. The molecule has 1 N–H and O–H groups in total. The molecule has 0 radical (unpaired) electrons. The van der Waals surface area contributed by atoms with Gasteiger partial charge in [-0.25, -0.2) is 0 Å². The molecule has 2 nitrogen and oxygen atoms in total. The molecule has 0 bridgehead atoms. The molecule has 1 atom stereocenters. The molecule has 1 unspecified atom stereocenters. The predicted octanol–water partition coefficient (Wildman–Crippen LogP) is 1.61. The van der Waals surface area contributed by atoms with Crippen molar-refractivity contribution < 1.29 is 0 Å². The fourth-order valence-corrected chi connectivity index (χ4v) is 2.90. The van der Waals surface area contributed by atoms with E-state index >= 15 is 0 Å². The maximum Gasteiger partial charge on any atom is 0.0226 e. The number of nitrogens with zero attached hydrogens (tertiary/aromatic N) is 1. The Balaban J connectivity index is 1.98. The molecule has 0 aromatic rings. The SMILES string of the molecule is CC1(C)CCCN1C1CCCNC1. The van der Waals surface area contributed by atoms with E-state index in [2.05, 4.69) is 24.1 Å². The summed E-state index contributed by atoms with van der Waals surface area (Å²) >= 11 is 0. The Hall–Kier alpha value is -0.0800. The van der Waals surface area contributed by atoms with E-state index in [0.717, 1.165) is 6.04 Å². The number of hydrogen-bond acceptors (Lipinski definition) is 2. The van der Waals surface area contributed by atoms with Gasteiger partial charge in [0, 0.05) is 18.1 Å². The molecule has 0 spiro atoms. The second kappa shape index (κ2) is 3.58. The van der Waals surface area contributed by atoms with Crippen LogP contribution in [-0.2, 0) is 0 Å². The predicted molar refractivity (Wildman–Crippen MR) is 55.9 cm³/mol. The van der Waals surface area contributed by atoms with Crippen LogP contribution in [-0.4, -0.2) is 36.1 Å². The Kier molecular flexibility index (Phi) is 2.61. The van der Waals surface area contributed by atoms with Gasteiger partial charge in [-0.15, -0.1) is 0 Å². The van der Waals surface area contributed by atoms with E-state index in [-0.39, 0.29) is 0 Å². The molecule has 76 valence electrons. The average molecular weight is 182 g/mol. The van der Waals surface area contributed by atoms with Gasteiger partial charge in [-0.2, -0.15) is 0 Å². The van der Waals surface area contributed by atoms with E-state index in [9.17, 15) is 0 Å². The summed E-state index contributed by atoms with van der Waals surface area (Å²) in [5.41, 5.74) is 0.462. The lowest BCUT2D eigenvalue weighted by atomic mass is 9.97. The molecule has 2 rings (SSSR count). The smallest absolute Gasteiger partial charge is 0.0226 e. The van der Waals surface area contributed by atoms with E-state index in [1.54, 1.807) is 0 Å². The highest BCUT2D eigenvalue weighted by molar-refractivity contribution is 4.93. The van der Waals surface area contributed by atoms with Crippen LogP contribution in [0.25, 0.3) is 0 Å². The summed E-state index contributed by atoms with van der Waals surface area (Å²) in [5.74, 6) is 0. The Labute approximate surface area is 81.7 Å². The van der Waals surface area contributed by atoms with Crippen LogP contribution in [0.3, 0.4) is 0 Å². The van der Waals surface area contributed by atoms with E-state index < -0.39 is 0 Å². The van der Waals surface area contributed by atoms with E-state index in [0.29, 0.717) is 5.54 Å². The first-order valence-corrected chi connectivity index (χ1v) is 5.68. The van der Waals surface area contributed by atoms with Crippen LogP contribution in [0, 0.1) is 0 Å². The molecular formula is C11H22N2. The van der Waals surface area contributed by atoms with Crippen molar-refractivity contribution in [1.82, 2.24) is 10.2 Å². The lowest BCUT2D eigenvalue weighted by Gasteiger charge is -2.40. The normalized spacial score (nSPS) is 35.1. The maximum absolute atomic E-state index is 3.51. The van der Waals surface area contributed by atoms with E-state index in [1.165, 1.54) is 45.3 Å². The minimum Gasteiger partial charge on any atom is -0.315 e. The van der Waals surface area contributed by atoms with Crippen molar-refractivity contribution in [2.24, 2.45) is 0 Å². The second-order valence-electron chi connectivity index (χ2n) is 5.11. The fraction of sp³-hybridized carbons (Fsp3) is 1.00. The van der Waals surface area contributed by atoms with Crippen LogP contribution < -0.4 is 5.32 Å². The van der Waals surface area contributed by atoms with Crippen molar-refractivity contribution in [3.8, 4) is 0 Å². The molecule has 2 saturated heterocycles. The van der Waals surface area contributed by atoms with Crippen LogP contribution in [0.15, 0.2) is 0 Å². The lowest BCUT2D eigenvalue weighted by Crippen LogP contribution is -2.51. The molecule has 2 aliphatic heterocycles. The molecule has 0 amide bonds. The van der Waals surface area contributed by atoms with Gasteiger partial charge in [0.25, 0.3) is 0 Å². The molecule has 2 heteroatoms. The topological polar surface area (TPSA) is 15.3 Å². The average Bonchev–Trinajstić information content (AvgIpc) is 2.47. The number of piperidine rings is 1. The monoisotopic (exact) mass is 182 g/mol. The largest absolute Gasteiger partial charge is 0.315 e. The van der Waals surface area contributed by atoms with Gasteiger partial charge in [0.2, 0.25) is 0 Å². The van der Waals surface area contributed by atoms with Gasteiger partial charge in [-0.3, -0.25) is 4.90 Å². The first-order chi connectivity index (χ1) is 6.20.